The SMILES string of the molecule is Cc1cc(O)c(C)c(C(=O)NC(Cc2ccccc2)[C@H](O)C(=O)N2C[C@@H](C)C3(C)[C@H]2C(=O)N3CC(C)C)c1. The summed E-state index contributed by atoms with van der Waals surface area (Å²) >= 11 is 0. The Morgan fingerprint density at radius 3 is 2.45 bits per heavy atom. The van der Waals surface area contributed by atoms with E-state index in [9.17, 15) is 24.6 Å². The van der Waals surface area contributed by atoms with Crippen LogP contribution in [-0.2, 0) is 16.0 Å². The largest absolute Gasteiger partial charge is 0.508 e. The van der Waals surface area contributed by atoms with Crippen LogP contribution in [0.1, 0.15) is 54.7 Å². The molecule has 0 spiro atoms. The fraction of sp³-hybridized carbons (Fsp3) is 0.500. The van der Waals surface area contributed by atoms with E-state index in [0.29, 0.717) is 30.1 Å². The fourth-order valence-corrected chi connectivity index (χ4v) is 5.93. The van der Waals surface area contributed by atoms with Crippen molar-refractivity contribution in [2.24, 2.45) is 11.8 Å². The van der Waals surface area contributed by atoms with Gasteiger partial charge in [-0.3, -0.25) is 14.4 Å². The molecule has 2 aromatic rings. The molecule has 2 unspecified atom stereocenters. The molecule has 5 atom stereocenters. The van der Waals surface area contributed by atoms with E-state index < -0.39 is 35.5 Å². The summed E-state index contributed by atoms with van der Waals surface area (Å²) in [5.41, 5.74) is 1.78. The quantitative estimate of drug-likeness (QED) is 0.463. The van der Waals surface area contributed by atoms with E-state index in [1.165, 1.54) is 4.90 Å². The van der Waals surface area contributed by atoms with Gasteiger partial charge in [-0.1, -0.05) is 51.1 Å². The van der Waals surface area contributed by atoms with Gasteiger partial charge in [0.15, 0.2) is 6.10 Å². The highest BCUT2D eigenvalue weighted by Gasteiger charge is 2.67. The average molecular weight is 522 g/mol. The second kappa shape index (κ2) is 10.4. The molecule has 0 aliphatic carbocycles. The molecule has 2 saturated heterocycles. The lowest BCUT2D eigenvalue weighted by atomic mass is 9.74. The van der Waals surface area contributed by atoms with Gasteiger partial charge >= 0.3 is 0 Å². The van der Waals surface area contributed by atoms with E-state index in [1.54, 1.807) is 26.0 Å². The van der Waals surface area contributed by atoms with Crippen molar-refractivity contribution in [3.63, 3.8) is 0 Å². The predicted octanol–water partition coefficient (Wildman–Crippen LogP) is 2.81. The summed E-state index contributed by atoms with van der Waals surface area (Å²) in [6.07, 6.45) is -1.34. The van der Waals surface area contributed by atoms with Crippen molar-refractivity contribution in [2.45, 2.75) is 71.7 Å². The Bertz CT molecular complexity index is 1230. The Kier molecular flexibility index (Phi) is 7.57. The lowest BCUT2D eigenvalue weighted by molar-refractivity contribution is -0.173. The minimum atomic E-state index is -1.56. The maximum atomic E-state index is 13.7. The maximum absolute atomic E-state index is 13.7. The summed E-state index contributed by atoms with van der Waals surface area (Å²) in [7, 11) is 0. The smallest absolute Gasteiger partial charge is 0.254 e. The van der Waals surface area contributed by atoms with Crippen molar-refractivity contribution >= 4 is 17.7 Å². The number of nitrogens with one attached hydrogen (secondary N) is 1. The van der Waals surface area contributed by atoms with Crippen LogP contribution in [0.5, 0.6) is 5.75 Å². The number of carbonyl (C=O) groups is 3. The van der Waals surface area contributed by atoms with Gasteiger partial charge in [-0.25, -0.2) is 0 Å². The highest BCUT2D eigenvalue weighted by molar-refractivity contribution is 5.99. The Labute approximate surface area is 224 Å². The van der Waals surface area contributed by atoms with Crippen LogP contribution in [0.15, 0.2) is 42.5 Å². The van der Waals surface area contributed by atoms with Crippen molar-refractivity contribution in [2.75, 3.05) is 13.1 Å². The van der Waals surface area contributed by atoms with Crippen molar-refractivity contribution in [3.8, 4) is 5.75 Å². The van der Waals surface area contributed by atoms with Crippen molar-refractivity contribution in [3.05, 3.63) is 64.7 Å². The zero-order chi connectivity index (χ0) is 27.9. The van der Waals surface area contributed by atoms with Crippen LogP contribution in [0.2, 0.25) is 0 Å². The van der Waals surface area contributed by atoms with Crippen LogP contribution in [0.3, 0.4) is 0 Å². The Hall–Kier alpha value is -3.39. The molecule has 2 aliphatic rings. The topological polar surface area (TPSA) is 110 Å². The van der Waals surface area contributed by atoms with Gasteiger partial charge in [0.2, 0.25) is 5.91 Å². The van der Waals surface area contributed by atoms with Gasteiger partial charge in [0.1, 0.15) is 11.8 Å². The van der Waals surface area contributed by atoms with Crippen molar-refractivity contribution in [1.29, 1.82) is 0 Å². The maximum Gasteiger partial charge on any atom is 0.254 e. The van der Waals surface area contributed by atoms with Gasteiger partial charge in [-0.05, 0) is 62.3 Å². The lowest BCUT2D eigenvalue weighted by Crippen LogP contribution is -2.76. The van der Waals surface area contributed by atoms with E-state index >= 15 is 0 Å². The normalized spacial score (nSPS) is 24.2. The molecule has 0 bridgehead atoms. The van der Waals surface area contributed by atoms with Crippen LogP contribution in [0.4, 0.5) is 0 Å². The average Bonchev–Trinajstić information content (AvgIpc) is 3.11. The second-order valence-corrected chi connectivity index (χ2v) is 11.5. The van der Waals surface area contributed by atoms with Crippen LogP contribution in [0, 0.1) is 25.7 Å². The number of aryl methyl sites for hydroxylation is 1. The number of nitrogens with zero attached hydrogens (tertiary/aromatic N) is 2. The molecule has 2 heterocycles. The standard InChI is InChI=1S/C30H39N3O5/c1-17(2)15-33-29(38)26-30(33,6)19(4)16-32(26)28(37)25(35)23(14-21-10-8-7-9-11-21)31-27(36)22-12-18(3)13-24(34)20(22)5/h7-13,17,19,23,25-26,34-35H,14-16H2,1-6H3,(H,31,36)/t19-,23?,25+,26-,30?/m1/s1. The molecule has 204 valence electrons. The molecule has 3 amide bonds. The van der Waals surface area contributed by atoms with E-state index in [2.05, 4.69) is 19.2 Å². The van der Waals surface area contributed by atoms with Gasteiger partial charge in [-0.2, -0.15) is 0 Å². The van der Waals surface area contributed by atoms with Crippen LogP contribution >= 0.6 is 0 Å². The van der Waals surface area contributed by atoms with Gasteiger partial charge in [-0.15, -0.1) is 0 Å². The Morgan fingerprint density at radius 2 is 1.82 bits per heavy atom. The number of likely N-dealkylation sites (tertiary alicyclic amines) is 2. The number of β-lactam (4-membered cyclic amide) rings is 1. The Balaban J connectivity index is 1.60. The van der Waals surface area contributed by atoms with E-state index in [4.69, 9.17) is 0 Å². The predicted molar refractivity (Wildman–Crippen MR) is 145 cm³/mol. The summed E-state index contributed by atoms with van der Waals surface area (Å²) in [4.78, 5) is 43.6. The number of aliphatic hydroxyl groups excluding tert-OH is 1. The molecular formula is C30H39N3O5. The monoisotopic (exact) mass is 521 g/mol. The molecule has 2 aliphatic heterocycles. The molecule has 8 heteroatoms. The minimum Gasteiger partial charge on any atom is -0.508 e. The fourth-order valence-electron chi connectivity index (χ4n) is 5.93. The van der Waals surface area contributed by atoms with Crippen LogP contribution in [-0.4, -0.2) is 74.6 Å². The molecule has 38 heavy (non-hydrogen) atoms. The first-order valence-corrected chi connectivity index (χ1v) is 13.3. The third kappa shape index (κ3) is 4.77. The van der Waals surface area contributed by atoms with Gasteiger partial charge in [0, 0.05) is 24.2 Å². The summed E-state index contributed by atoms with van der Waals surface area (Å²) in [6, 6.07) is 11.0. The number of hydrogen-bond donors (Lipinski definition) is 3. The molecule has 2 fully saturated rings. The molecule has 3 N–H and O–H groups in total. The number of benzene rings is 2. The highest BCUT2D eigenvalue weighted by Crippen LogP contribution is 2.47. The molecule has 0 radical (unpaired) electrons. The van der Waals surface area contributed by atoms with Gasteiger partial charge < -0.3 is 25.3 Å². The summed E-state index contributed by atoms with van der Waals surface area (Å²) in [5, 5.41) is 24.5. The number of hydrogen-bond acceptors (Lipinski definition) is 5. The molecular weight excluding hydrogens is 482 g/mol. The van der Waals surface area contributed by atoms with Gasteiger partial charge in [0.25, 0.3) is 11.8 Å². The number of phenols is 1. The molecule has 2 aromatic carbocycles. The second-order valence-electron chi connectivity index (χ2n) is 11.5. The number of phenolic OH excluding ortho intramolecular Hbond substituents is 1. The summed E-state index contributed by atoms with van der Waals surface area (Å²) < 4.78 is 0. The summed E-state index contributed by atoms with van der Waals surface area (Å²) in [5.74, 6) is -0.800. The number of fused-ring (bicyclic) bond motifs is 1. The highest BCUT2D eigenvalue weighted by atomic mass is 16.3. The minimum absolute atomic E-state index is 0.00571. The number of rotatable bonds is 8. The number of carbonyl (C=O) groups excluding carboxylic acids is 3. The van der Waals surface area contributed by atoms with Crippen molar-refractivity contribution in [1.82, 2.24) is 15.1 Å². The van der Waals surface area contributed by atoms with E-state index in [1.807, 2.05) is 49.1 Å². The molecule has 0 saturated carbocycles. The third-order valence-electron chi connectivity index (χ3n) is 8.26. The van der Waals surface area contributed by atoms with E-state index in [-0.39, 0.29) is 29.6 Å². The zero-order valence-electron chi connectivity index (χ0n) is 23.1. The first-order chi connectivity index (χ1) is 17.9. The molecule has 0 aromatic heterocycles. The molecule has 4 rings (SSSR count). The first kappa shape index (κ1) is 27.6. The lowest BCUT2D eigenvalue weighted by Gasteiger charge is -2.56. The van der Waals surface area contributed by atoms with Crippen molar-refractivity contribution < 1.29 is 24.6 Å². The first-order valence-electron chi connectivity index (χ1n) is 13.3. The zero-order valence-corrected chi connectivity index (χ0v) is 23.1. The van der Waals surface area contributed by atoms with Crippen LogP contribution in [0.25, 0.3) is 0 Å². The molecule has 8 nitrogen and oxygen atoms in total. The Morgan fingerprint density at radius 1 is 1.16 bits per heavy atom. The number of aliphatic hydroxyl groups is 1. The van der Waals surface area contributed by atoms with Gasteiger partial charge in [0.05, 0.1) is 11.6 Å². The number of amides is 3. The number of aromatic hydroxyl groups is 1. The van der Waals surface area contributed by atoms with E-state index in [0.717, 1.165) is 5.56 Å². The summed E-state index contributed by atoms with van der Waals surface area (Å²) in [6.45, 7) is 12.6. The van der Waals surface area contributed by atoms with Crippen LogP contribution < -0.4 is 5.32 Å². The third-order valence-corrected chi connectivity index (χ3v) is 8.26.